The third-order valence-electron chi connectivity index (χ3n) is 4.82. The van der Waals surface area contributed by atoms with Gasteiger partial charge in [0.1, 0.15) is 23.0 Å². The lowest BCUT2D eigenvalue weighted by Crippen LogP contribution is -2.30. The zero-order valence-corrected chi connectivity index (χ0v) is 17.4. The van der Waals surface area contributed by atoms with Gasteiger partial charge >= 0.3 is 5.97 Å². The molecule has 1 aromatic rings. The van der Waals surface area contributed by atoms with Crippen LogP contribution in [0.1, 0.15) is 29.6 Å². The molecule has 1 aromatic carbocycles. The summed E-state index contributed by atoms with van der Waals surface area (Å²) in [6, 6.07) is 2.99. The van der Waals surface area contributed by atoms with Gasteiger partial charge in [-0.1, -0.05) is 6.07 Å². The topological polar surface area (TPSA) is 126 Å². The van der Waals surface area contributed by atoms with Crippen molar-refractivity contribution < 1.29 is 32.6 Å². The van der Waals surface area contributed by atoms with Crippen molar-refractivity contribution >= 4 is 17.6 Å². The minimum Gasteiger partial charge on any atom is -0.454 e. The first-order valence-electron chi connectivity index (χ1n) is 9.85. The van der Waals surface area contributed by atoms with E-state index >= 15 is 0 Å². The van der Waals surface area contributed by atoms with Crippen molar-refractivity contribution in [2.45, 2.75) is 19.3 Å². The summed E-state index contributed by atoms with van der Waals surface area (Å²) in [5.41, 5.74) is 10.8. The number of Topliss-reactive ketones (excluding diaryl/α,β-unsaturated/α-hetero) is 1. The molecule has 0 saturated carbocycles. The molecule has 0 unspecified atom stereocenters. The van der Waals surface area contributed by atoms with E-state index in [4.69, 9.17) is 25.7 Å². The normalized spacial score (nSPS) is 16.0. The molecule has 2 rings (SSSR count). The quantitative estimate of drug-likeness (QED) is 0.187. The Bertz CT molecular complexity index is 831. The Kier molecular flexibility index (Phi) is 9.54. The van der Waals surface area contributed by atoms with Gasteiger partial charge in [-0.05, 0) is 37.3 Å². The van der Waals surface area contributed by atoms with Crippen LogP contribution in [0.5, 0.6) is 0 Å². The molecule has 8 nitrogen and oxygen atoms in total. The van der Waals surface area contributed by atoms with Crippen molar-refractivity contribution in [2.24, 2.45) is 22.4 Å². The summed E-state index contributed by atoms with van der Waals surface area (Å²) in [5.74, 6) is -3.88. The van der Waals surface area contributed by atoms with Crippen LogP contribution in [0, 0.1) is 17.6 Å². The molecule has 0 atom stereocenters. The lowest BCUT2D eigenvalue weighted by atomic mass is 9.97. The number of methoxy groups -OCH3 is 1. The summed E-state index contributed by atoms with van der Waals surface area (Å²) >= 11 is 0. The van der Waals surface area contributed by atoms with E-state index in [9.17, 15) is 18.4 Å². The lowest BCUT2D eigenvalue weighted by molar-refractivity contribution is -0.137. The number of ether oxygens (including phenoxy) is 3. The summed E-state index contributed by atoms with van der Waals surface area (Å²) in [6.07, 6.45) is 2.63. The highest BCUT2D eigenvalue weighted by atomic mass is 19.1. The highest BCUT2D eigenvalue weighted by Gasteiger charge is 2.23. The van der Waals surface area contributed by atoms with Crippen molar-refractivity contribution in [3.8, 4) is 0 Å². The summed E-state index contributed by atoms with van der Waals surface area (Å²) < 4.78 is 42.6. The van der Waals surface area contributed by atoms with E-state index in [1.807, 2.05) is 0 Å². The van der Waals surface area contributed by atoms with Crippen LogP contribution in [-0.4, -0.2) is 57.7 Å². The van der Waals surface area contributed by atoms with Crippen molar-refractivity contribution in [1.82, 2.24) is 0 Å². The Morgan fingerprint density at radius 2 is 1.81 bits per heavy atom. The molecule has 4 N–H and O–H groups in total. The number of nitrogens with zero attached hydrogens (tertiary/aromatic N) is 1. The number of carbonyl (C=O) groups is 2. The fourth-order valence-electron chi connectivity index (χ4n) is 3.15. The average Bonchev–Trinajstić information content (AvgIpc) is 2.73. The number of rotatable bonds is 10. The van der Waals surface area contributed by atoms with E-state index in [0.717, 1.165) is 37.5 Å². The molecule has 0 aromatic heterocycles. The number of benzene rings is 1. The number of aliphatic imine (C=N–C) groups is 1. The second-order valence-electron chi connectivity index (χ2n) is 7.04. The molecular weight excluding hydrogens is 412 g/mol. The molecule has 0 bridgehead atoms. The molecule has 170 valence electrons. The molecule has 0 amide bonds. The average molecular weight is 439 g/mol. The first-order chi connectivity index (χ1) is 14.8. The van der Waals surface area contributed by atoms with Gasteiger partial charge in [0, 0.05) is 26.9 Å². The van der Waals surface area contributed by atoms with Gasteiger partial charge in [-0.25, -0.2) is 13.6 Å². The van der Waals surface area contributed by atoms with Gasteiger partial charge in [-0.15, -0.1) is 0 Å². The van der Waals surface area contributed by atoms with Gasteiger partial charge < -0.3 is 25.7 Å². The number of ketones is 1. The van der Waals surface area contributed by atoms with Crippen molar-refractivity contribution in [3.05, 3.63) is 46.7 Å². The van der Waals surface area contributed by atoms with Gasteiger partial charge in [0.15, 0.2) is 6.61 Å². The van der Waals surface area contributed by atoms with E-state index in [1.54, 1.807) is 0 Å². The minimum absolute atomic E-state index is 0.0377. The second kappa shape index (κ2) is 12.1. The van der Waals surface area contributed by atoms with Crippen molar-refractivity contribution in [2.75, 3.05) is 40.1 Å². The van der Waals surface area contributed by atoms with Gasteiger partial charge in [-0.2, -0.15) is 0 Å². The maximum absolute atomic E-state index is 13.7. The molecule has 1 fully saturated rings. The Labute approximate surface area is 179 Å². The van der Waals surface area contributed by atoms with E-state index in [0.29, 0.717) is 25.7 Å². The molecule has 10 heteroatoms. The van der Waals surface area contributed by atoms with Crippen LogP contribution >= 0.6 is 0 Å². The van der Waals surface area contributed by atoms with Crippen molar-refractivity contribution in [1.29, 1.82) is 0 Å². The second-order valence-corrected chi connectivity index (χ2v) is 7.04. The molecule has 0 radical (unpaired) electrons. The first kappa shape index (κ1) is 24.4. The summed E-state index contributed by atoms with van der Waals surface area (Å²) in [6.45, 7) is 0.761. The van der Waals surface area contributed by atoms with Gasteiger partial charge in [-0.3, -0.25) is 9.79 Å². The first-order valence-corrected chi connectivity index (χ1v) is 9.85. The smallest absolute Gasteiger partial charge is 0.344 e. The zero-order chi connectivity index (χ0) is 22.8. The van der Waals surface area contributed by atoms with Crippen molar-refractivity contribution in [3.63, 3.8) is 0 Å². The van der Waals surface area contributed by atoms with E-state index in [2.05, 4.69) is 4.99 Å². The van der Waals surface area contributed by atoms with Gasteiger partial charge in [0.05, 0.1) is 17.9 Å². The fraction of sp³-hybridized carbons (Fsp3) is 0.476. The van der Waals surface area contributed by atoms with Gasteiger partial charge in [0.25, 0.3) is 0 Å². The SMILES string of the molecule is COCC(N)=C(C(=O)OCC(=O)c1c(F)cccc1F)C(N)=NCCC1CCOCC1. The Morgan fingerprint density at radius 3 is 2.42 bits per heavy atom. The number of carbonyl (C=O) groups excluding carboxylic acids is 2. The molecule has 0 aliphatic carbocycles. The van der Waals surface area contributed by atoms with Crippen LogP contribution in [0.3, 0.4) is 0 Å². The maximum atomic E-state index is 13.7. The highest BCUT2D eigenvalue weighted by molar-refractivity contribution is 6.19. The molecule has 31 heavy (non-hydrogen) atoms. The fourth-order valence-corrected chi connectivity index (χ4v) is 3.15. The number of esters is 1. The Morgan fingerprint density at radius 1 is 1.16 bits per heavy atom. The third-order valence-corrected chi connectivity index (χ3v) is 4.82. The largest absolute Gasteiger partial charge is 0.454 e. The van der Waals surface area contributed by atoms with Crippen LogP contribution in [-0.2, 0) is 19.0 Å². The third kappa shape index (κ3) is 7.11. The van der Waals surface area contributed by atoms with Crippen LogP contribution in [0.2, 0.25) is 0 Å². The molecular formula is C21H27F2N3O5. The molecule has 0 spiro atoms. The molecule has 1 saturated heterocycles. The van der Waals surface area contributed by atoms with E-state index in [-0.39, 0.29) is 23.7 Å². The van der Waals surface area contributed by atoms with Crippen LogP contribution < -0.4 is 11.5 Å². The number of halogens is 2. The molecule has 1 aliphatic heterocycles. The monoisotopic (exact) mass is 439 g/mol. The highest BCUT2D eigenvalue weighted by Crippen LogP contribution is 2.18. The molecule has 1 heterocycles. The number of amidine groups is 1. The Balaban J connectivity index is 2.06. The number of nitrogens with two attached hydrogens (primary N) is 2. The van der Waals surface area contributed by atoms with E-state index in [1.165, 1.54) is 7.11 Å². The predicted octanol–water partition coefficient (Wildman–Crippen LogP) is 1.72. The van der Waals surface area contributed by atoms with E-state index < -0.39 is 35.6 Å². The number of hydrogen-bond donors (Lipinski definition) is 2. The zero-order valence-electron chi connectivity index (χ0n) is 17.4. The van der Waals surface area contributed by atoms with Crippen LogP contribution in [0.25, 0.3) is 0 Å². The summed E-state index contributed by atoms with van der Waals surface area (Å²) in [4.78, 5) is 28.9. The van der Waals surface area contributed by atoms with Gasteiger partial charge in [0.2, 0.25) is 5.78 Å². The summed E-state index contributed by atoms with van der Waals surface area (Å²) in [7, 11) is 1.37. The summed E-state index contributed by atoms with van der Waals surface area (Å²) in [5, 5.41) is 0. The molecule has 1 aliphatic rings. The standard InChI is InChI=1S/C21H27F2N3O5/c1-29-11-16(24)19(20(25)26-8-5-13-6-9-30-10-7-13)21(28)31-12-17(27)18-14(22)3-2-4-15(18)23/h2-4,13H,5-12,24H2,1H3,(H2,25,26). The lowest BCUT2D eigenvalue weighted by Gasteiger charge is -2.21. The minimum atomic E-state index is -1.05. The maximum Gasteiger partial charge on any atom is 0.344 e. The predicted molar refractivity (Wildman–Crippen MR) is 109 cm³/mol. The van der Waals surface area contributed by atoms with Crippen LogP contribution in [0.4, 0.5) is 8.78 Å². The number of hydrogen-bond acceptors (Lipinski definition) is 7. The van der Waals surface area contributed by atoms with Crippen LogP contribution in [0.15, 0.2) is 34.5 Å². The Hall–Kier alpha value is -2.85.